The van der Waals surface area contributed by atoms with Gasteiger partial charge < -0.3 is 15.4 Å². The Morgan fingerprint density at radius 1 is 1.27 bits per heavy atom. The highest BCUT2D eigenvalue weighted by molar-refractivity contribution is 7.16. The molecule has 2 aromatic rings. The van der Waals surface area contributed by atoms with Gasteiger partial charge in [0.25, 0.3) is 5.91 Å². The second-order valence-electron chi connectivity index (χ2n) is 6.05. The van der Waals surface area contributed by atoms with Crippen LogP contribution in [0.3, 0.4) is 0 Å². The first-order valence-corrected chi connectivity index (χ1v) is 8.90. The number of nitrogens with one attached hydrogen (secondary N) is 2. The summed E-state index contributed by atoms with van der Waals surface area (Å²) in [5.41, 5.74) is 1.00. The van der Waals surface area contributed by atoms with Crippen molar-refractivity contribution in [2.24, 2.45) is 0 Å². The van der Waals surface area contributed by atoms with Crippen molar-refractivity contribution >= 4 is 39.9 Å². The molecule has 0 saturated carbocycles. The van der Waals surface area contributed by atoms with Crippen LogP contribution in [-0.4, -0.2) is 34.2 Å². The number of nitrogens with zero attached hydrogens (tertiary/aromatic N) is 2. The summed E-state index contributed by atoms with van der Waals surface area (Å²) in [6.07, 6.45) is 1.58. The summed E-state index contributed by atoms with van der Waals surface area (Å²) in [4.78, 5) is 36.7. The fourth-order valence-electron chi connectivity index (χ4n) is 2.33. The van der Waals surface area contributed by atoms with Gasteiger partial charge in [0.15, 0.2) is 6.61 Å². The zero-order valence-electron chi connectivity index (χ0n) is 15.4. The summed E-state index contributed by atoms with van der Waals surface area (Å²) in [7, 11) is 0. The van der Waals surface area contributed by atoms with Gasteiger partial charge in [-0.1, -0.05) is 0 Å². The molecule has 0 bridgehead atoms. The third-order valence-electron chi connectivity index (χ3n) is 3.64. The Kier molecular flexibility index (Phi) is 6.14. The van der Waals surface area contributed by atoms with Crippen LogP contribution < -0.4 is 10.6 Å². The fourth-order valence-corrected chi connectivity index (χ4v) is 3.42. The van der Waals surface area contributed by atoms with Crippen LogP contribution in [0.5, 0.6) is 0 Å². The lowest BCUT2D eigenvalue weighted by Gasteiger charge is -2.12. The minimum absolute atomic E-state index is 0.0829. The van der Waals surface area contributed by atoms with Crippen molar-refractivity contribution in [1.82, 2.24) is 9.78 Å². The summed E-state index contributed by atoms with van der Waals surface area (Å²) < 4.78 is 6.78. The van der Waals surface area contributed by atoms with E-state index in [2.05, 4.69) is 15.7 Å². The molecule has 0 fully saturated rings. The number of hydrogen-bond donors (Lipinski definition) is 2. The maximum Gasteiger partial charge on any atom is 0.341 e. The number of aromatic nitrogens is 2. The van der Waals surface area contributed by atoms with E-state index in [-0.39, 0.29) is 17.5 Å². The maximum absolute atomic E-state index is 12.4. The van der Waals surface area contributed by atoms with E-state index < -0.39 is 18.5 Å². The van der Waals surface area contributed by atoms with E-state index >= 15 is 0 Å². The van der Waals surface area contributed by atoms with Crippen LogP contribution >= 0.6 is 11.3 Å². The molecular weight excluding hydrogens is 356 g/mol. The van der Waals surface area contributed by atoms with E-state index in [0.717, 1.165) is 10.4 Å². The minimum Gasteiger partial charge on any atom is -0.452 e. The van der Waals surface area contributed by atoms with E-state index in [1.54, 1.807) is 23.9 Å². The average Bonchev–Trinajstić information content (AvgIpc) is 3.10. The normalized spacial score (nSPS) is 10.7. The number of anilines is 2. The van der Waals surface area contributed by atoms with Gasteiger partial charge in [-0.3, -0.25) is 9.59 Å². The molecule has 0 aliphatic carbocycles. The van der Waals surface area contributed by atoms with E-state index in [1.165, 1.54) is 18.3 Å². The molecule has 0 atom stereocenters. The fraction of sp³-hybridized carbons (Fsp3) is 0.412. The van der Waals surface area contributed by atoms with Crippen LogP contribution in [0, 0.1) is 13.8 Å². The van der Waals surface area contributed by atoms with Crippen LogP contribution in [0.1, 0.15) is 47.6 Å². The van der Waals surface area contributed by atoms with Gasteiger partial charge in [0.1, 0.15) is 10.8 Å². The molecule has 0 saturated heterocycles. The molecule has 0 aliphatic rings. The molecule has 2 aromatic heterocycles. The molecule has 0 spiro atoms. The lowest BCUT2D eigenvalue weighted by Crippen LogP contribution is -2.23. The summed E-state index contributed by atoms with van der Waals surface area (Å²) in [6.45, 7) is 8.43. The lowest BCUT2D eigenvalue weighted by atomic mass is 10.1. The molecule has 0 radical (unpaired) electrons. The number of hydrogen-bond acceptors (Lipinski definition) is 6. The predicted molar refractivity (Wildman–Crippen MR) is 99.6 cm³/mol. The van der Waals surface area contributed by atoms with Crippen molar-refractivity contribution in [2.45, 2.75) is 40.7 Å². The Morgan fingerprint density at radius 2 is 1.96 bits per heavy atom. The third-order valence-corrected chi connectivity index (χ3v) is 4.76. The largest absolute Gasteiger partial charge is 0.452 e. The molecule has 8 nitrogen and oxygen atoms in total. The Morgan fingerprint density at radius 3 is 2.58 bits per heavy atom. The van der Waals surface area contributed by atoms with E-state index in [1.807, 2.05) is 20.8 Å². The smallest absolute Gasteiger partial charge is 0.341 e. The first-order valence-electron chi connectivity index (χ1n) is 8.08. The number of carbonyl (C=O) groups excluding carboxylic acids is 3. The number of aryl methyl sites for hydroxylation is 1. The van der Waals surface area contributed by atoms with Crippen LogP contribution in [0.25, 0.3) is 0 Å². The predicted octanol–water partition coefficient (Wildman–Crippen LogP) is 2.90. The quantitative estimate of drug-likeness (QED) is 0.753. The molecule has 2 rings (SSSR count). The topological polar surface area (TPSA) is 102 Å². The number of thiophene rings is 1. The Hall–Kier alpha value is -2.68. The van der Waals surface area contributed by atoms with E-state index in [0.29, 0.717) is 10.8 Å². The van der Waals surface area contributed by atoms with Gasteiger partial charge in [0.05, 0.1) is 11.8 Å². The Bertz CT molecular complexity index is 838. The zero-order valence-corrected chi connectivity index (χ0v) is 16.2. The van der Waals surface area contributed by atoms with Gasteiger partial charge >= 0.3 is 5.97 Å². The number of rotatable bonds is 6. The monoisotopic (exact) mass is 378 g/mol. The number of amides is 2. The molecule has 9 heteroatoms. The zero-order chi connectivity index (χ0) is 19.4. The molecule has 2 heterocycles. The number of carbonyl (C=O) groups is 3. The van der Waals surface area contributed by atoms with E-state index in [4.69, 9.17) is 4.74 Å². The maximum atomic E-state index is 12.4. The number of esters is 1. The summed E-state index contributed by atoms with van der Waals surface area (Å²) in [5.74, 6) is -0.864. The van der Waals surface area contributed by atoms with Crippen molar-refractivity contribution in [3.63, 3.8) is 0 Å². The van der Waals surface area contributed by atoms with Crippen molar-refractivity contribution in [1.29, 1.82) is 0 Å². The molecule has 140 valence electrons. The summed E-state index contributed by atoms with van der Waals surface area (Å²) >= 11 is 1.30. The van der Waals surface area contributed by atoms with Gasteiger partial charge in [-0.15, -0.1) is 11.3 Å². The second kappa shape index (κ2) is 8.13. The van der Waals surface area contributed by atoms with Gasteiger partial charge in [0.2, 0.25) is 5.91 Å². The van der Waals surface area contributed by atoms with Gasteiger partial charge in [-0.05, 0) is 33.3 Å². The van der Waals surface area contributed by atoms with Crippen molar-refractivity contribution in [2.75, 3.05) is 17.2 Å². The molecule has 0 aromatic carbocycles. The molecule has 26 heavy (non-hydrogen) atoms. The van der Waals surface area contributed by atoms with Gasteiger partial charge in [0, 0.05) is 23.9 Å². The second-order valence-corrected chi connectivity index (χ2v) is 7.27. The summed E-state index contributed by atoms with van der Waals surface area (Å²) in [6, 6.07) is 1.75. The Balaban J connectivity index is 2.03. The van der Waals surface area contributed by atoms with Crippen LogP contribution in [0.4, 0.5) is 10.8 Å². The minimum atomic E-state index is -0.650. The van der Waals surface area contributed by atoms with Gasteiger partial charge in [-0.2, -0.15) is 5.10 Å². The first kappa shape index (κ1) is 19.6. The molecule has 2 N–H and O–H groups in total. The van der Waals surface area contributed by atoms with E-state index in [9.17, 15) is 14.4 Å². The molecule has 2 amide bonds. The first-order chi connectivity index (χ1) is 12.2. The van der Waals surface area contributed by atoms with Crippen molar-refractivity contribution < 1.29 is 19.1 Å². The molecule has 0 unspecified atom stereocenters. The summed E-state index contributed by atoms with van der Waals surface area (Å²) in [5, 5.41) is 9.84. The highest BCUT2D eigenvalue weighted by atomic mass is 32.1. The van der Waals surface area contributed by atoms with Gasteiger partial charge in [-0.25, -0.2) is 9.48 Å². The molecule has 0 aliphatic heterocycles. The van der Waals surface area contributed by atoms with Crippen molar-refractivity contribution in [3.8, 4) is 0 Å². The number of ether oxygens (including phenoxy) is 1. The highest BCUT2D eigenvalue weighted by Gasteiger charge is 2.22. The van der Waals surface area contributed by atoms with Crippen molar-refractivity contribution in [3.05, 3.63) is 28.3 Å². The van der Waals surface area contributed by atoms with Crippen LogP contribution in [0.15, 0.2) is 12.3 Å². The highest BCUT2D eigenvalue weighted by Crippen LogP contribution is 2.32. The van der Waals surface area contributed by atoms with Crippen LogP contribution in [0.2, 0.25) is 0 Å². The standard InChI is InChI=1S/C17H22N4O4S/c1-9(2)21-13(6-7-18-21)20-14(23)8-25-17(24)15-10(3)11(4)26-16(15)19-12(5)22/h6-7,9H,8H2,1-5H3,(H,19,22)(H,20,23). The Labute approximate surface area is 155 Å². The average molecular weight is 378 g/mol. The van der Waals surface area contributed by atoms with Crippen LogP contribution in [-0.2, 0) is 14.3 Å². The molecular formula is C17H22N4O4S. The SMILES string of the molecule is CC(=O)Nc1sc(C)c(C)c1C(=O)OCC(=O)Nc1ccnn1C(C)C. The third kappa shape index (κ3) is 4.48. The lowest BCUT2D eigenvalue weighted by molar-refractivity contribution is -0.119.